The van der Waals surface area contributed by atoms with Crippen molar-refractivity contribution >= 4 is 38.4 Å². The van der Waals surface area contributed by atoms with E-state index in [0.717, 1.165) is 33.9 Å². The highest BCUT2D eigenvalue weighted by molar-refractivity contribution is 7.92. The molecule has 1 aliphatic rings. The minimum absolute atomic E-state index is 0.0395. The zero-order valence-corrected chi connectivity index (χ0v) is 15.7. The summed E-state index contributed by atoms with van der Waals surface area (Å²) in [6, 6.07) is 9.99. The molecule has 0 spiro atoms. The van der Waals surface area contributed by atoms with Crippen molar-refractivity contribution in [2.24, 2.45) is 0 Å². The Balaban J connectivity index is 1.72. The van der Waals surface area contributed by atoms with Crippen molar-refractivity contribution in [1.82, 2.24) is 4.98 Å². The van der Waals surface area contributed by atoms with Gasteiger partial charge in [-0.15, -0.1) is 22.7 Å². The van der Waals surface area contributed by atoms with Gasteiger partial charge in [0.2, 0.25) is 10.0 Å². The maximum Gasteiger partial charge on any atom is 0.232 e. The number of nitrogens with zero attached hydrogens (tertiary/aromatic N) is 2. The molecule has 0 radical (unpaired) electrons. The van der Waals surface area contributed by atoms with Crippen LogP contribution in [0.4, 0.5) is 5.69 Å². The van der Waals surface area contributed by atoms with Crippen LogP contribution in [0.15, 0.2) is 41.1 Å². The molecule has 7 heteroatoms. The average Bonchev–Trinajstić information content (AvgIpc) is 3.23. The lowest BCUT2D eigenvalue weighted by atomic mass is 10.1. The van der Waals surface area contributed by atoms with Crippen molar-refractivity contribution in [3.05, 3.63) is 46.7 Å². The highest BCUT2D eigenvalue weighted by Gasteiger charge is 2.32. The van der Waals surface area contributed by atoms with Crippen LogP contribution in [0.2, 0.25) is 0 Å². The molecule has 1 atom stereocenters. The topological polar surface area (TPSA) is 50.3 Å². The fourth-order valence-corrected chi connectivity index (χ4v) is 6.09. The van der Waals surface area contributed by atoms with Crippen molar-refractivity contribution in [3.63, 3.8) is 0 Å². The summed E-state index contributed by atoms with van der Waals surface area (Å²) >= 11 is 3.32. The van der Waals surface area contributed by atoms with Crippen molar-refractivity contribution < 1.29 is 8.42 Å². The maximum atomic E-state index is 12.0. The van der Waals surface area contributed by atoms with Crippen LogP contribution in [0.1, 0.15) is 12.5 Å². The van der Waals surface area contributed by atoms with E-state index in [2.05, 4.69) is 17.5 Å². The van der Waals surface area contributed by atoms with Crippen molar-refractivity contribution in [1.29, 1.82) is 0 Å². The zero-order chi connectivity index (χ0) is 16.9. The van der Waals surface area contributed by atoms with Gasteiger partial charge in [0.15, 0.2) is 0 Å². The first kappa shape index (κ1) is 15.8. The predicted molar refractivity (Wildman–Crippen MR) is 101 cm³/mol. The summed E-state index contributed by atoms with van der Waals surface area (Å²) in [7, 11) is -3.25. The molecule has 0 fully saturated rings. The standard InChI is InChI=1S/C17H16N2O2S3/c1-11-8-13-9-12(5-6-15(13)19(11)24(2,20)21)14-10-23-17(18-14)16-4-3-7-22-16/h3-7,9-11H,8H2,1-2H3/t11-/m0/s1. The van der Waals surface area contributed by atoms with Crippen LogP contribution in [0.25, 0.3) is 21.1 Å². The Morgan fingerprint density at radius 2 is 2.08 bits per heavy atom. The molecule has 1 aromatic carbocycles. The lowest BCUT2D eigenvalue weighted by Crippen LogP contribution is -2.34. The molecule has 0 bridgehead atoms. The number of aromatic nitrogens is 1. The van der Waals surface area contributed by atoms with E-state index in [1.807, 2.05) is 30.5 Å². The summed E-state index contributed by atoms with van der Waals surface area (Å²) < 4.78 is 25.5. The van der Waals surface area contributed by atoms with Crippen LogP contribution in [-0.2, 0) is 16.4 Å². The summed E-state index contributed by atoms with van der Waals surface area (Å²) in [4.78, 5) is 5.90. The average molecular weight is 377 g/mol. The van der Waals surface area contributed by atoms with E-state index >= 15 is 0 Å². The minimum atomic E-state index is -3.25. The van der Waals surface area contributed by atoms with Gasteiger partial charge in [-0.2, -0.15) is 0 Å². The first-order chi connectivity index (χ1) is 11.4. The molecule has 24 heavy (non-hydrogen) atoms. The monoisotopic (exact) mass is 376 g/mol. The second-order valence-corrected chi connectivity index (χ2v) is 9.64. The first-order valence-electron chi connectivity index (χ1n) is 7.55. The fourth-order valence-electron chi connectivity index (χ4n) is 3.19. The molecule has 3 heterocycles. The van der Waals surface area contributed by atoms with E-state index < -0.39 is 10.0 Å². The summed E-state index contributed by atoms with van der Waals surface area (Å²) in [6.07, 6.45) is 2.00. The third-order valence-electron chi connectivity index (χ3n) is 4.12. The van der Waals surface area contributed by atoms with Gasteiger partial charge in [0.25, 0.3) is 0 Å². The first-order valence-corrected chi connectivity index (χ1v) is 11.2. The van der Waals surface area contributed by atoms with Crippen LogP contribution in [0, 0.1) is 0 Å². The van der Waals surface area contributed by atoms with Crippen LogP contribution in [0.3, 0.4) is 0 Å². The molecule has 0 N–H and O–H groups in total. The minimum Gasteiger partial charge on any atom is -0.267 e. The highest BCUT2D eigenvalue weighted by atomic mass is 32.2. The van der Waals surface area contributed by atoms with E-state index in [9.17, 15) is 8.42 Å². The van der Waals surface area contributed by atoms with Crippen LogP contribution in [0.5, 0.6) is 0 Å². The molecule has 4 nitrogen and oxygen atoms in total. The van der Waals surface area contributed by atoms with Gasteiger partial charge in [-0.05, 0) is 42.5 Å². The summed E-state index contributed by atoms with van der Waals surface area (Å²) in [5, 5.41) is 5.13. The number of rotatable bonds is 3. The third-order valence-corrected chi connectivity index (χ3v) is 7.27. The molecule has 0 aliphatic carbocycles. The smallest absolute Gasteiger partial charge is 0.232 e. The Kier molecular flexibility index (Phi) is 3.74. The van der Waals surface area contributed by atoms with Crippen molar-refractivity contribution in [2.45, 2.75) is 19.4 Å². The molecule has 3 aromatic rings. The SMILES string of the molecule is C[C@H]1Cc2cc(-c3csc(-c4cccs4)n3)ccc2N1S(C)(=O)=O. The Hall–Kier alpha value is -1.70. The van der Waals surface area contributed by atoms with Gasteiger partial charge < -0.3 is 0 Å². The number of sulfonamides is 1. The summed E-state index contributed by atoms with van der Waals surface area (Å²) in [5.41, 5.74) is 3.84. The second-order valence-electron chi connectivity index (χ2n) is 5.97. The molecule has 0 saturated carbocycles. The molecule has 0 saturated heterocycles. The quantitative estimate of drug-likeness (QED) is 0.687. The van der Waals surface area contributed by atoms with Crippen LogP contribution in [-0.4, -0.2) is 25.7 Å². The molecule has 0 amide bonds. The normalized spacial score (nSPS) is 17.2. The van der Waals surface area contributed by atoms with Crippen LogP contribution >= 0.6 is 22.7 Å². The molecular formula is C17H16N2O2S3. The number of thiazole rings is 1. The van der Waals surface area contributed by atoms with Crippen molar-refractivity contribution in [2.75, 3.05) is 10.6 Å². The number of hydrogen-bond donors (Lipinski definition) is 0. The lowest BCUT2D eigenvalue weighted by molar-refractivity contribution is 0.590. The van der Waals surface area contributed by atoms with Gasteiger partial charge in [-0.25, -0.2) is 13.4 Å². The van der Waals surface area contributed by atoms with E-state index in [1.54, 1.807) is 22.7 Å². The fraction of sp³-hybridized carbons (Fsp3) is 0.235. The highest BCUT2D eigenvalue weighted by Crippen LogP contribution is 2.38. The lowest BCUT2D eigenvalue weighted by Gasteiger charge is -2.21. The Morgan fingerprint density at radius 3 is 2.79 bits per heavy atom. The van der Waals surface area contributed by atoms with Gasteiger partial charge in [0.1, 0.15) is 5.01 Å². The largest absolute Gasteiger partial charge is 0.267 e. The Labute approximate surface area is 149 Å². The molecule has 4 rings (SSSR count). The van der Waals surface area contributed by atoms with E-state index in [0.29, 0.717) is 0 Å². The number of fused-ring (bicyclic) bond motifs is 1. The third kappa shape index (κ3) is 2.66. The molecule has 124 valence electrons. The zero-order valence-electron chi connectivity index (χ0n) is 13.3. The van der Waals surface area contributed by atoms with Gasteiger partial charge in [-0.1, -0.05) is 12.1 Å². The van der Waals surface area contributed by atoms with Gasteiger partial charge in [0.05, 0.1) is 22.5 Å². The number of benzene rings is 1. The Bertz CT molecular complexity index is 991. The molecule has 0 unspecified atom stereocenters. The van der Waals surface area contributed by atoms with Crippen molar-refractivity contribution in [3.8, 4) is 21.1 Å². The van der Waals surface area contributed by atoms with Gasteiger partial charge in [-0.3, -0.25) is 4.31 Å². The summed E-state index contributed by atoms with van der Waals surface area (Å²) in [6.45, 7) is 1.94. The van der Waals surface area contributed by atoms with Gasteiger partial charge in [0, 0.05) is 17.0 Å². The molecular weight excluding hydrogens is 360 g/mol. The summed E-state index contributed by atoms with van der Waals surface area (Å²) in [5.74, 6) is 0. The predicted octanol–water partition coefficient (Wildman–Crippen LogP) is 4.25. The van der Waals surface area contributed by atoms with Crippen LogP contribution < -0.4 is 4.31 Å². The van der Waals surface area contributed by atoms with E-state index in [-0.39, 0.29) is 6.04 Å². The molecule has 2 aromatic heterocycles. The van der Waals surface area contributed by atoms with E-state index in [4.69, 9.17) is 4.98 Å². The Morgan fingerprint density at radius 1 is 1.25 bits per heavy atom. The second kappa shape index (κ2) is 5.68. The van der Waals surface area contributed by atoms with E-state index in [1.165, 1.54) is 15.4 Å². The number of anilines is 1. The van der Waals surface area contributed by atoms with Gasteiger partial charge >= 0.3 is 0 Å². The molecule has 1 aliphatic heterocycles. The number of thiophene rings is 1. The number of hydrogen-bond acceptors (Lipinski definition) is 5. The maximum absolute atomic E-state index is 12.0.